The lowest BCUT2D eigenvalue weighted by molar-refractivity contribution is 0.124. The van der Waals surface area contributed by atoms with Crippen LogP contribution in [0.3, 0.4) is 0 Å². The summed E-state index contributed by atoms with van der Waals surface area (Å²) >= 11 is 0. The highest BCUT2D eigenvalue weighted by Gasteiger charge is 2.51. The first-order valence-corrected chi connectivity index (χ1v) is 11.3. The number of anilines is 1. The average molecular weight is 435 g/mol. The van der Waals surface area contributed by atoms with Crippen LogP contribution in [-0.2, 0) is 9.09 Å². The highest BCUT2D eigenvalue weighted by Crippen LogP contribution is 2.64. The Morgan fingerprint density at radius 1 is 1.27 bits per heavy atom. The van der Waals surface area contributed by atoms with Gasteiger partial charge in [0.1, 0.15) is 5.75 Å². The molecule has 9 nitrogen and oxygen atoms in total. The van der Waals surface area contributed by atoms with Gasteiger partial charge in [0.15, 0.2) is 11.5 Å². The van der Waals surface area contributed by atoms with Gasteiger partial charge < -0.3 is 19.7 Å². The smallest absolute Gasteiger partial charge is 0.346 e. The highest BCUT2D eigenvalue weighted by molar-refractivity contribution is 7.54. The van der Waals surface area contributed by atoms with Crippen molar-refractivity contribution in [3.8, 4) is 17.2 Å². The van der Waals surface area contributed by atoms with Crippen LogP contribution in [0.5, 0.6) is 17.2 Å². The molecule has 3 aliphatic heterocycles. The van der Waals surface area contributed by atoms with Crippen molar-refractivity contribution in [1.29, 1.82) is 0 Å². The lowest BCUT2D eigenvalue weighted by Crippen LogP contribution is -2.20. The Hall–Kier alpha value is -2.23. The summed E-state index contributed by atoms with van der Waals surface area (Å²) in [6.07, 6.45) is 1.32. The van der Waals surface area contributed by atoms with Gasteiger partial charge in [-0.05, 0) is 25.2 Å². The zero-order valence-electron chi connectivity index (χ0n) is 16.4. The number of hydroxylamine groups is 1. The van der Waals surface area contributed by atoms with Crippen molar-refractivity contribution in [2.45, 2.75) is 12.5 Å². The lowest BCUT2D eigenvalue weighted by Gasteiger charge is -2.33. The highest BCUT2D eigenvalue weighted by atomic mass is 31.2. The molecule has 0 spiro atoms. The van der Waals surface area contributed by atoms with Gasteiger partial charge >= 0.3 is 7.67 Å². The third-order valence-electron chi connectivity index (χ3n) is 5.19. The van der Waals surface area contributed by atoms with Crippen LogP contribution in [0.4, 0.5) is 10.1 Å². The second-order valence-corrected chi connectivity index (χ2v) is 9.70. The van der Waals surface area contributed by atoms with Crippen molar-refractivity contribution in [1.82, 2.24) is 14.3 Å². The minimum atomic E-state index is -3.06. The standard InChI is InChI=1S/C19H21FN4O5P/c1-22(25)14-12-17-13(11-18(14)28-16-3-2-5-21-19(16)20)15(4-10-27-17)29-30(26,23-6-7-23)24-8-9-24/h2-3,5,11-12,15H,4,6-10H2,1H3/q-1. The molecule has 30 heavy (non-hydrogen) atoms. The Morgan fingerprint density at radius 2 is 2.00 bits per heavy atom. The minimum absolute atomic E-state index is 0.103. The molecule has 0 saturated carbocycles. The predicted molar refractivity (Wildman–Crippen MR) is 107 cm³/mol. The van der Waals surface area contributed by atoms with E-state index in [0.717, 1.165) is 26.2 Å². The molecule has 1 unspecified atom stereocenters. The zero-order valence-corrected chi connectivity index (χ0v) is 17.3. The molecule has 3 aliphatic rings. The molecule has 2 aromatic rings. The molecule has 11 heteroatoms. The van der Waals surface area contributed by atoms with E-state index >= 15 is 0 Å². The van der Waals surface area contributed by atoms with Crippen LogP contribution >= 0.6 is 7.67 Å². The zero-order chi connectivity index (χ0) is 20.9. The fraction of sp³-hybridized carbons (Fsp3) is 0.421. The van der Waals surface area contributed by atoms with E-state index in [0.29, 0.717) is 29.4 Å². The number of rotatable bonds is 7. The van der Waals surface area contributed by atoms with Crippen molar-refractivity contribution in [2.24, 2.45) is 0 Å². The predicted octanol–water partition coefficient (Wildman–Crippen LogP) is 3.53. The van der Waals surface area contributed by atoms with Crippen molar-refractivity contribution in [3.05, 3.63) is 47.2 Å². The van der Waals surface area contributed by atoms with Crippen LogP contribution in [0.2, 0.25) is 0 Å². The van der Waals surface area contributed by atoms with Crippen LogP contribution in [0.15, 0.2) is 30.5 Å². The Bertz CT molecular complexity index is 998. The maximum atomic E-state index is 14.0. The monoisotopic (exact) mass is 435 g/mol. The maximum absolute atomic E-state index is 14.0. The van der Waals surface area contributed by atoms with E-state index in [9.17, 15) is 14.2 Å². The van der Waals surface area contributed by atoms with E-state index in [2.05, 4.69) is 4.98 Å². The summed E-state index contributed by atoms with van der Waals surface area (Å²) < 4.78 is 48.8. The van der Waals surface area contributed by atoms with Crippen molar-refractivity contribution in [2.75, 3.05) is 44.9 Å². The number of nitrogens with zero attached hydrogens (tertiary/aromatic N) is 4. The van der Waals surface area contributed by atoms with Crippen molar-refractivity contribution >= 4 is 13.4 Å². The van der Waals surface area contributed by atoms with E-state index in [1.807, 2.05) is 9.34 Å². The Labute approximate surface area is 173 Å². The molecule has 4 heterocycles. The van der Waals surface area contributed by atoms with Crippen LogP contribution < -0.4 is 14.5 Å². The number of benzene rings is 1. The molecule has 1 aromatic heterocycles. The third-order valence-corrected chi connectivity index (χ3v) is 7.95. The Balaban J connectivity index is 1.51. The van der Waals surface area contributed by atoms with E-state index in [1.165, 1.54) is 25.4 Å². The second kappa shape index (κ2) is 7.47. The largest absolute Gasteiger partial charge is 0.758 e. The van der Waals surface area contributed by atoms with Gasteiger partial charge in [-0.2, -0.15) is 4.39 Å². The Morgan fingerprint density at radius 3 is 2.63 bits per heavy atom. The van der Waals surface area contributed by atoms with E-state index in [4.69, 9.17) is 14.0 Å². The molecule has 0 bridgehead atoms. The fourth-order valence-corrected chi connectivity index (χ4v) is 5.81. The van der Waals surface area contributed by atoms with Crippen LogP contribution in [0.25, 0.3) is 0 Å². The van der Waals surface area contributed by atoms with Gasteiger partial charge in [-0.3, -0.25) is 9.09 Å². The summed E-state index contributed by atoms with van der Waals surface area (Å²) in [4.78, 5) is 3.57. The normalized spacial score (nSPS) is 21.0. The van der Waals surface area contributed by atoms with Gasteiger partial charge in [-0.15, -0.1) is 0 Å². The molecular weight excluding hydrogens is 414 g/mol. The van der Waals surface area contributed by atoms with E-state index < -0.39 is 19.7 Å². The second-order valence-electron chi connectivity index (χ2n) is 7.38. The number of halogens is 1. The summed E-state index contributed by atoms with van der Waals surface area (Å²) in [5.74, 6) is -0.281. The fourth-order valence-electron chi connectivity index (χ4n) is 3.45. The number of aromatic nitrogens is 1. The van der Waals surface area contributed by atoms with E-state index in [-0.39, 0.29) is 17.2 Å². The first kappa shape index (κ1) is 19.7. The number of fused-ring (bicyclic) bond motifs is 1. The molecule has 0 aliphatic carbocycles. The van der Waals surface area contributed by atoms with Gasteiger partial charge in [0.25, 0.3) is 5.95 Å². The lowest BCUT2D eigenvalue weighted by atomic mass is 10.0. The third kappa shape index (κ3) is 3.66. The number of ether oxygens (including phenoxy) is 2. The summed E-state index contributed by atoms with van der Waals surface area (Å²) in [6, 6.07) is 6.11. The van der Waals surface area contributed by atoms with Gasteiger partial charge in [-0.1, -0.05) is 0 Å². The minimum Gasteiger partial charge on any atom is -0.758 e. The molecule has 0 N–H and O–H groups in total. The quantitative estimate of drug-likeness (QED) is 0.280. The van der Waals surface area contributed by atoms with Gasteiger partial charge in [-0.25, -0.2) is 14.3 Å². The van der Waals surface area contributed by atoms with Crippen molar-refractivity contribution < 1.29 is 23.0 Å². The topological polar surface area (TPSA) is 90.0 Å². The van der Waals surface area contributed by atoms with Crippen LogP contribution in [0.1, 0.15) is 18.1 Å². The van der Waals surface area contributed by atoms with Gasteiger partial charge in [0.2, 0.25) is 0 Å². The van der Waals surface area contributed by atoms with Gasteiger partial charge in [0, 0.05) is 50.4 Å². The Kier molecular flexibility index (Phi) is 4.91. The van der Waals surface area contributed by atoms with Crippen LogP contribution in [-0.4, -0.2) is 54.2 Å². The maximum Gasteiger partial charge on any atom is 0.346 e. The summed E-state index contributed by atoms with van der Waals surface area (Å²) in [5, 5.41) is 12.7. The first-order valence-electron chi connectivity index (χ1n) is 9.75. The SMILES string of the molecule is CN([O-])c1cc2c(cc1Oc1cccnc1F)C(OP(=O)(N1CC1)N1CC1)CCO2. The van der Waals surface area contributed by atoms with Gasteiger partial charge in [0.05, 0.1) is 18.4 Å². The molecule has 1 aromatic carbocycles. The van der Waals surface area contributed by atoms with E-state index in [1.54, 1.807) is 12.1 Å². The molecule has 2 fully saturated rings. The molecule has 160 valence electrons. The summed E-state index contributed by atoms with van der Waals surface area (Å²) in [6.45, 7) is 3.37. The molecular formula is C19H21FN4O5P-. The summed E-state index contributed by atoms with van der Waals surface area (Å²) in [7, 11) is -1.74. The summed E-state index contributed by atoms with van der Waals surface area (Å²) in [5.41, 5.74) is 0.799. The van der Waals surface area contributed by atoms with Crippen molar-refractivity contribution in [3.63, 3.8) is 0 Å². The first-order chi connectivity index (χ1) is 14.5. The molecule has 5 rings (SSSR count). The molecule has 0 radical (unpaired) electrons. The number of hydrogen-bond donors (Lipinski definition) is 0. The average Bonchev–Trinajstić information content (AvgIpc) is 3.62. The number of pyridine rings is 1. The van der Waals surface area contributed by atoms with Crippen LogP contribution in [0, 0.1) is 11.2 Å². The molecule has 1 atom stereocenters. The number of hydrogen-bond acceptors (Lipinski definition) is 7. The molecule has 2 saturated heterocycles. The molecule has 0 amide bonds.